The van der Waals surface area contributed by atoms with Gasteiger partial charge in [0.1, 0.15) is 17.3 Å². The van der Waals surface area contributed by atoms with Gasteiger partial charge in [0, 0.05) is 17.0 Å². The first kappa shape index (κ1) is 25.6. The van der Waals surface area contributed by atoms with Crippen LogP contribution in [0.2, 0.25) is 0 Å². The molecule has 0 N–H and O–H groups in total. The normalized spacial score (nSPS) is 11.0. The largest absolute Gasteiger partial charge is 0.496 e. The quantitative estimate of drug-likeness (QED) is 0.226. The SMILES string of the molecule is CCCCN(Cc1nc2ccccc2n1Cc1c(OC)cccc1OC)C(=O)c1ccc(SC)cc1. The average Bonchev–Trinajstić information content (AvgIpc) is 3.27. The Hall–Kier alpha value is -3.45. The number of carbonyl (C=O) groups is 1. The van der Waals surface area contributed by atoms with E-state index in [0.29, 0.717) is 25.2 Å². The van der Waals surface area contributed by atoms with E-state index in [2.05, 4.69) is 17.6 Å². The molecule has 0 radical (unpaired) electrons. The van der Waals surface area contributed by atoms with Crippen LogP contribution in [0.5, 0.6) is 11.5 Å². The van der Waals surface area contributed by atoms with Gasteiger partial charge in [0.05, 0.1) is 43.9 Å². The molecule has 3 aromatic carbocycles. The molecule has 1 heterocycles. The number of hydrogen-bond donors (Lipinski definition) is 0. The van der Waals surface area contributed by atoms with E-state index in [-0.39, 0.29) is 5.91 Å². The zero-order valence-electron chi connectivity index (χ0n) is 21.4. The molecule has 0 fully saturated rings. The van der Waals surface area contributed by atoms with Crippen molar-refractivity contribution in [3.63, 3.8) is 0 Å². The van der Waals surface area contributed by atoms with E-state index in [1.54, 1.807) is 26.0 Å². The zero-order chi connectivity index (χ0) is 25.5. The fourth-order valence-electron chi connectivity index (χ4n) is 4.35. The number of ether oxygens (including phenoxy) is 2. The molecule has 36 heavy (non-hydrogen) atoms. The maximum Gasteiger partial charge on any atom is 0.254 e. The highest BCUT2D eigenvalue weighted by molar-refractivity contribution is 7.98. The Labute approximate surface area is 217 Å². The summed E-state index contributed by atoms with van der Waals surface area (Å²) in [5.74, 6) is 2.36. The van der Waals surface area contributed by atoms with Crippen molar-refractivity contribution >= 4 is 28.7 Å². The van der Waals surface area contributed by atoms with Gasteiger partial charge in [0.15, 0.2) is 0 Å². The van der Waals surface area contributed by atoms with Gasteiger partial charge < -0.3 is 18.9 Å². The molecule has 0 aliphatic heterocycles. The van der Waals surface area contributed by atoms with Crippen LogP contribution < -0.4 is 9.47 Å². The molecule has 6 nitrogen and oxygen atoms in total. The van der Waals surface area contributed by atoms with E-state index in [4.69, 9.17) is 14.5 Å². The molecular weight excluding hydrogens is 470 g/mol. The van der Waals surface area contributed by atoms with Crippen LogP contribution in [0, 0.1) is 0 Å². The van der Waals surface area contributed by atoms with Crippen LogP contribution in [-0.4, -0.2) is 47.4 Å². The number of aromatic nitrogens is 2. The van der Waals surface area contributed by atoms with E-state index in [1.807, 2.05) is 71.8 Å². The minimum atomic E-state index is 0.0181. The summed E-state index contributed by atoms with van der Waals surface area (Å²) in [5.41, 5.74) is 3.53. The molecule has 0 aliphatic rings. The van der Waals surface area contributed by atoms with Crippen LogP contribution in [0.3, 0.4) is 0 Å². The lowest BCUT2D eigenvalue weighted by Gasteiger charge is -2.23. The van der Waals surface area contributed by atoms with Gasteiger partial charge in [-0.05, 0) is 61.2 Å². The molecular formula is C29H33N3O3S. The van der Waals surface area contributed by atoms with Crippen LogP contribution in [-0.2, 0) is 13.1 Å². The van der Waals surface area contributed by atoms with Crippen LogP contribution in [0.4, 0.5) is 0 Å². The number of imidazole rings is 1. The molecule has 0 atom stereocenters. The summed E-state index contributed by atoms with van der Waals surface area (Å²) in [5, 5.41) is 0. The first-order chi connectivity index (χ1) is 17.6. The number of rotatable bonds is 11. The minimum absolute atomic E-state index is 0.0181. The molecule has 0 bridgehead atoms. The van der Waals surface area contributed by atoms with Gasteiger partial charge in [-0.25, -0.2) is 4.98 Å². The number of para-hydroxylation sites is 2. The Morgan fingerprint density at radius 2 is 1.67 bits per heavy atom. The van der Waals surface area contributed by atoms with Gasteiger partial charge in [0.2, 0.25) is 0 Å². The number of methoxy groups -OCH3 is 2. The van der Waals surface area contributed by atoms with Gasteiger partial charge in [0.25, 0.3) is 5.91 Å². The first-order valence-corrected chi connectivity index (χ1v) is 13.4. The number of benzene rings is 3. The van der Waals surface area contributed by atoms with Gasteiger partial charge in [-0.2, -0.15) is 0 Å². The summed E-state index contributed by atoms with van der Waals surface area (Å²) in [6.45, 7) is 3.73. The Kier molecular flexibility index (Phi) is 8.54. The Morgan fingerprint density at radius 1 is 0.972 bits per heavy atom. The molecule has 188 valence electrons. The van der Waals surface area contributed by atoms with Crippen molar-refractivity contribution in [2.75, 3.05) is 27.0 Å². The lowest BCUT2D eigenvalue weighted by molar-refractivity contribution is 0.0735. The molecule has 1 aromatic heterocycles. The fourth-order valence-corrected chi connectivity index (χ4v) is 4.76. The van der Waals surface area contributed by atoms with E-state index in [9.17, 15) is 4.79 Å². The highest BCUT2D eigenvalue weighted by Crippen LogP contribution is 2.31. The molecule has 7 heteroatoms. The highest BCUT2D eigenvalue weighted by atomic mass is 32.2. The van der Waals surface area contributed by atoms with Gasteiger partial charge in [-0.15, -0.1) is 11.8 Å². The number of unbranched alkanes of at least 4 members (excludes halogenated alkanes) is 1. The van der Waals surface area contributed by atoms with Crippen molar-refractivity contribution < 1.29 is 14.3 Å². The molecule has 4 aromatic rings. The summed E-state index contributed by atoms with van der Waals surface area (Å²) >= 11 is 1.67. The summed E-state index contributed by atoms with van der Waals surface area (Å²) < 4.78 is 13.5. The Morgan fingerprint density at radius 3 is 2.31 bits per heavy atom. The second-order valence-electron chi connectivity index (χ2n) is 8.55. The number of nitrogens with zero attached hydrogens (tertiary/aromatic N) is 3. The minimum Gasteiger partial charge on any atom is -0.496 e. The van der Waals surface area contributed by atoms with Gasteiger partial charge >= 0.3 is 0 Å². The summed E-state index contributed by atoms with van der Waals surface area (Å²) in [6, 6.07) is 21.7. The second kappa shape index (κ2) is 12.0. The number of amides is 1. The smallest absolute Gasteiger partial charge is 0.254 e. The summed E-state index contributed by atoms with van der Waals surface area (Å²) in [7, 11) is 3.33. The standard InChI is InChI=1S/C29H33N3O3S/c1-5-6-18-31(29(33)21-14-16-22(36-4)17-15-21)20-28-30-24-10-7-8-11-25(24)32(28)19-23-26(34-2)12-9-13-27(23)35-3/h7-17H,5-6,18-20H2,1-4H3. The van der Waals surface area contributed by atoms with Gasteiger partial charge in [-0.3, -0.25) is 4.79 Å². The Bertz CT molecular complexity index is 1300. The number of carbonyl (C=O) groups excluding carboxylic acids is 1. The van der Waals surface area contributed by atoms with E-state index < -0.39 is 0 Å². The molecule has 4 rings (SSSR count). The lowest BCUT2D eigenvalue weighted by Crippen LogP contribution is -2.32. The van der Waals surface area contributed by atoms with E-state index in [0.717, 1.165) is 51.7 Å². The monoisotopic (exact) mass is 503 g/mol. The maximum atomic E-state index is 13.6. The van der Waals surface area contributed by atoms with Crippen LogP contribution in [0.25, 0.3) is 11.0 Å². The first-order valence-electron chi connectivity index (χ1n) is 12.2. The molecule has 0 aliphatic carbocycles. The molecule has 1 amide bonds. The topological polar surface area (TPSA) is 56.6 Å². The van der Waals surface area contributed by atoms with Crippen molar-refractivity contribution in [2.45, 2.75) is 37.8 Å². The van der Waals surface area contributed by atoms with E-state index in [1.165, 1.54) is 0 Å². The van der Waals surface area contributed by atoms with Crippen LogP contribution >= 0.6 is 11.8 Å². The lowest BCUT2D eigenvalue weighted by atomic mass is 10.1. The second-order valence-corrected chi connectivity index (χ2v) is 9.43. The third-order valence-electron chi connectivity index (χ3n) is 6.32. The van der Waals surface area contributed by atoms with Crippen molar-refractivity contribution in [1.82, 2.24) is 14.5 Å². The Balaban J connectivity index is 1.73. The third kappa shape index (κ3) is 5.51. The van der Waals surface area contributed by atoms with Crippen LogP contribution in [0.15, 0.2) is 71.6 Å². The molecule has 0 saturated heterocycles. The number of fused-ring (bicyclic) bond motifs is 1. The maximum absolute atomic E-state index is 13.6. The summed E-state index contributed by atoms with van der Waals surface area (Å²) in [4.78, 5) is 21.6. The van der Waals surface area contributed by atoms with Crippen molar-refractivity contribution in [1.29, 1.82) is 0 Å². The zero-order valence-corrected chi connectivity index (χ0v) is 22.2. The van der Waals surface area contributed by atoms with Crippen LogP contribution in [0.1, 0.15) is 41.5 Å². The number of hydrogen-bond acceptors (Lipinski definition) is 5. The van der Waals surface area contributed by atoms with Crippen molar-refractivity contribution in [3.8, 4) is 11.5 Å². The summed E-state index contributed by atoms with van der Waals surface area (Å²) in [6.07, 6.45) is 3.96. The van der Waals surface area contributed by atoms with Crippen molar-refractivity contribution in [2.24, 2.45) is 0 Å². The fraction of sp³-hybridized carbons (Fsp3) is 0.310. The predicted octanol–water partition coefficient (Wildman–Crippen LogP) is 6.27. The predicted molar refractivity (Wildman–Crippen MR) is 146 cm³/mol. The van der Waals surface area contributed by atoms with E-state index >= 15 is 0 Å². The molecule has 0 saturated carbocycles. The average molecular weight is 504 g/mol. The van der Waals surface area contributed by atoms with Gasteiger partial charge in [-0.1, -0.05) is 31.5 Å². The number of thioether (sulfide) groups is 1. The van der Waals surface area contributed by atoms with Crippen molar-refractivity contribution in [3.05, 3.63) is 83.7 Å². The molecule has 0 spiro atoms. The highest BCUT2D eigenvalue weighted by Gasteiger charge is 2.21. The third-order valence-corrected chi connectivity index (χ3v) is 7.06. The molecule has 0 unspecified atom stereocenters.